The molecule has 0 aliphatic carbocycles. The molecular weight excluding hydrogens is 1350 g/mol. The first kappa shape index (κ1) is 102. The minimum absolute atomic E-state index is 0.0845. The Morgan fingerprint density at radius 3 is 0.865 bits per heavy atom. The SMILES string of the molecule is CCCCCC/C=C\C=C/CCCCCCCC(=O)O[C@H](COC(=O)CCCCCCCCCC(C)C)COP(=O)(O)OC[C@H](O)COP(=O)(O)OC[C@@H](COC(=O)CCCCCCCCCCCCCCCCC(C)CC)OC(=O)CCCCCCCCCCCCCCCCCCCCCCC. The number of phosphoric ester groups is 2. The second-order valence-electron chi connectivity index (χ2n) is 30.6. The molecule has 3 unspecified atom stereocenters. The van der Waals surface area contributed by atoms with Crippen molar-refractivity contribution < 1.29 is 80.2 Å². The van der Waals surface area contributed by atoms with E-state index in [0.717, 1.165) is 115 Å². The number of aliphatic hydroxyl groups is 1. The van der Waals surface area contributed by atoms with Gasteiger partial charge in [0.25, 0.3) is 0 Å². The van der Waals surface area contributed by atoms with Gasteiger partial charge in [-0.2, -0.15) is 0 Å². The standard InChI is InChI=1S/C85H162O17P2/c1-7-10-12-14-16-18-20-22-24-25-26-27-28-29-31-37-41-45-51-58-64-70-84(89)101-80(73-95-82(87)67-61-55-49-43-39-35-33-32-34-38-42-48-54-60-66-78(6)9-3)75-99-103(91,92)97-71-79(86)72-98-104(93,94)100-76-81(74-96-83(88)68-62-56-52-46-47-53-59-65-77(4)5)102-85(90)69-63-57-50-44-40-36-30-23-21-19-17-15-13-11-8-2/h19,21,23,30,77-81,86H,7-18,20,22,24-29,31-76H2,1-6H3,(H,91,92)(H,93,94)/b21-19-,30-23-/t78?,79-,80-,81-/m1/s1. The molecule has 0 amide bonds. The molecule has 0 aromatic carbocycles. The molecular formula is C85H162O17P2. The quantitative estimate of drug-likeness (QED) is 0.0169. The molecule has 0 aliphatic heterocycles. The normalized spacial score (nSPS) is 14.2. The monoisotopic (exact) mass is 1520 g/mol. The predicted molar refractivity (Wildman–Crippen MR) is 427 cm³/mol. The summed E-state index contributed by atoms with van der Waals surface area (Å²) in [6, 6.07) is 0. The number of carbonyl (C=O) groups excluding carboxylic acids is 4. The van der Waals surface area contributed by atoms with Gasteiger partial charge in [0.15, 0.2) is 12.2 Å². The van der Waals surface area contributed by atoms with Gasteiger partial charge in [-0.05, 0) is 63.2 Å². The molecule has 0 aromatic rings. The van der Waals surface area contributed by atoms with E-state index in [2.05, 4.69) is 65.8 Å². The fourth-order valence-electron chi connectivity index (χ4n) is 12.7. The van der Waals surface area contributed by atoms with Crippen LogP contribution in [-0.4, -0.2) is 96.7 Å². The fourth-order valence-corrected chi connectivity index (χ4v) is 14.3. The van der Waals surface area contributed by atoms with Crippen molar-refractivity contribution in [1.29, 1.82) is 0 Å². The van der Waals surface area contributed by atoms with Gasteiger partial charge >= 0.3 is 39.5 Å². The first-order chi connectivity index (χ1) is 50.4. The van der Waals surface area contributed by atoms with Gasteiger partial charge in [-0.25, -0.2) is 9.13 Å². The van der Waals surface area contributed by atoms with Crippen LogP contribution in [0.3, 0.4) is 0 Å². The van der Waals surface area contributed by atoms with Crippen LogP contribution in [0, 0.1) is 11.8 Å². The van der Waals surface area contributed by atoms with Gasteiger partial charge in [0, 0.05) is 25.7 Å². The van der Waals surface area contributed by atoms with Crippen molar-refractivity contribution in [3.8, 4) is 0 Å². The summed E-state index contributed by atoms with van der Waals surface area (Å²) in [5, 5.41) is 10.7. The maximum atomic E-state index is 13.1. The molecule has 0 aliphatic rings. The molecule has 0 saturated carbocycles. The van der Waals surface area contributed by atoms with E-state index < -0.39 is 97.5 Å². The van der Waals surface area contributed by atoms with Crippen molar-refractivity contribution in [1.82, 2.24) is 0 Å². The Balaban J connectivity index is 5.26. The van der Waals surface area contributed by atoms with Crippen molar-refractivity contribution >= 4 is 39.5 Å². The maximum absolute atomic E-state index is 13.1. The molecule has 0 rings (SSSR count). The first-order valence-corrected chi connectivity index (χ1v) is 46.3. The van der Waals surface area contributed by atoms with Crippen molar-refractivity contribution in [3.63, 3.8) is 0 Å². The Morgan fingerprint density at radius 1 is 0.317 bits per heavy atom. The lowest BCUT2D eigenvalue weighted by atomic mass is 9.99. The molecule has 3 N–H and O–H groups in total. The lowest BCUT2D eigenvalue weighted by molar-refractivity contribution is -0.161. The van der Waals surface area contributed by atoms with Crippen molar-refractivity contribution in [2.75, 3.05) is 39.6 Å². The Kier molecular flexibility index (Phi) is 74.1. The zero-order valence-corrected chi connectivity index (χ0v) is 69.6. The van der Waals surface area contributed by atoms with E-state index in [-0.39, 0.29) is 25.7 Å². The van der Waals surface area contributed by atoms with Crippen molar-refractivity contribution in [2.24, 2.45) is 11.8 Å². The van der Waals surface area contributed by atoms with E-state index in [1.165, 1.54) is 225 Å². The zero-order chi connectivity index (χ0) is 76.4. The summed E-state index contributed by atoms with van der Waals surface area (Å²) in [5.74, 6) is -0.586. The van der Waals surface area contributed by atoms with Gasteiger partial charge in [-0.15, -0.1) is 0 Å². The number of hydrogen-bond acceptors (Lipinski definition) is 15. The Hall–Kier alpha value is -2.46. The van der Waals surface area contributed by atoms with Crippen LogP contribution in [0.25, 0.3) is 0 Å². The summed E-state index contributed by atoms with van der Waals surface area (Å²) in [4.78, 5) is 73.1. The summed E-state index contributed by atoms with van der Waals surface area (Å²) < 4.78 is 68.8. The van der Waals surface area contributed by atoms with Crippen LogP contribution >= 0.6 is 15.6 Å². The number of aliphatic hydroxyl groups excluding tert-OH is 1. The molecule has 0 spiro atoms. The number of ether oxygens (including phenoxy) is 4. The van der Waals surface area contributed by atoms with Crippen LogP contribution in [0.4, 0.5) is 0 Å². The second-order valence-corrected chi connectivity index (χ2v) is 33.5. The fraction of sp³-hybridized carbons (Fsp3) is 0.906. The molecule has 0 aromatic heterocycles. The minimum atomic E-state index is -4.97. The number of phosphoric acid groups is 2. The molecule has 0 heterocycles. The predicted octanol–water partition coefficient (Wildman–Crippen LogP) is 25.4. The van der Waals surface area contributed by atoms with Crippen LogP contribution in [0.2, 0.25) is 0 Å². The molecule has 0 bridgehead atoms. The van der Waals surface area contributed by atoms with Gasteiger partial charge in [0.05, 0.1) is 26.4 Å². The van der Waals surface area contributed by atoms with Crippen LogP contribution in [-0.2, 0) is 65.4 Å². The summed E-state index contributed by atoms with van der Waals surface area (Å²) in [6.07, 6.45) is 70.3. The number of carbonyl (C=O) groups is 4. The number of rotatable bonds is 82. The van der Waals surface area contributed by atoms with E-state index in [1.807, 2.05) is 0 Å². The molecule has 19 heteroatoms. The van der Waals surface area contributed by atoms with Gasteiger partial charge in [0.1, 0.15) is 19.3 Å². The van der Waals surface area contributed by atoms with E-state index in [1.54, 1.807) is 0 Å². The number of allylic oxidation sites excluding steroid dienone is 4. The van der Waals surface area contributed by atoms with Gasteiger partial charge in [-0.3, -0.25) is 37.3 Å². The third-order valence-corrected chi connectivity index (χ3v) is 21.6. The molecule has 104 heavy (non-hydrogen) atoms. The highest BCUT2D eigenvalue weighted by molar-refractivity contribution is 7.47. The van der Waals surface area contributed by atoms with Crippen molar-refractivity contribution in [2.45, 2.75) is 445 Å². The average molecular weight is 1520 g/mol. The van der Waals surface area contributed by atoms with Crippen LogP contribution < -0.4 is 0 Å². The van der Waals surface area contributed by atoms with Crippen LogP contribution in [0.5, 0.6) is 0 Å². The Bertz CT molecular complexity index is 2090. The highest BCUT2D eigenvalue weighted by Crippen LogP contribution is 2.45. The number of unbranched alkanes of at least 4 members (excludes halogenated alkanes) is 48. The molecule has 0 saturated heterocycles. The molecule has 0 radical (unpaired) electrons. The Morgan fingerprint density at radius 2 is 0.567 bits per heavy atom. The minimum Gasteiger partial charge on any atom is -0.462 e. The van der Waals surface area contributed by atoms with Crippen LogP contribution in [0.15, 0.2) is 24.3 Å². The maximum Gasteiger partial charge on any atom is 0.472 e. The number of hydrogen-bond donors (Lipinski definition) is 3. The van der Waals surface area contributed by atoms with E-state index in [0.29, 0.717) is 31.6 Å². The third kappa shape index (κ3) is 76.3. The van der Waals surface area contributed by atoms with Crippen LogP contribution in [0.1, 0.15) is 427 Å². The summed E-state index contributed by atoms with van der Waals surface area (Å²) >= 11 is 0. The molecule has 6 atom stereocenters. The smallest absolute Gasteiger partial charge is 0.462 e. The van der Waals surface area contributed by atoms with E-state index >= 15 is 0 Å². The van der Waals surface area contributed by atoms with E-state index in [9.17, 15) is 43.2 Å². The first-order valence-electron chi connectivity index (χ1n) is 43.3. The lowest BCUT2D eigenvalue weighted by Gasteiger charge is -2.21. The van der Waals surface area contributed by atoms with Crippen molar-refractivity contribution in [3.05, 3.63) is 24.3 Å². The summed E-state index contributed by atoms with van der Waals surface area (Å²) in [6.45, 7) is 9.59. The lowest BCUT2D eigenvalue weighted by Crippen LogP contribution is -2.30. The average Bonchev–Trinajstić information content (AvgIpc) is 0.905. The molecule has 614 valence electrons. The molecule has 0 fully saturated rings. The topological polar surface area (TPSA) is 237 Å². The largest absolute Gasteiger partial charge is 0.472 e. The number of esters is 4. The summed E-state index contributed by atoms with van der Waals surface area (Å²) in [5.41, 5.74) is 0. The van der Waals surface area contributed by atoms with Gasteiger partial charge in [-0.1, -0.05) is 374 Å². The highest BCUT2D eigenvalue weighted by Gasteiger charge is 2.30. The van der Waals surface area contributed by atoms with Gasteiger partial charge < -0.3 is 33.8 Å². The highest BCUT2D eigenvalue weighted by atomic mass is 31.2. The van der Waals surface area contributed by atoms with E-state index in [4.69, 9.17) is 37.0 Å². The van der Waals surface area contributed by atoms with Gasteiger partial charge in [0.2, 0.25) is 0 Å². The second kappa shape index (κ2) is 75.9. The summed E-state index contributed by atoms with van der Waals surface area (Å²) in [7, 11) is -9.94. The third-order valence-electron chi connectivity index (χ3n) is 19.7. The Labute approximate surface area is 637 Å². The zero-order valence-electron chi connectivity index (χ0n) is 67.8. The molecule has 17 nitrogen and oxygen atoms in total.